The number of fused-ring (bicyclic) bond motifs is 1. The number of nitrogens with one attached hydrogen (secondary N) is 1. The molecule has 2 aromatic carbocycles. The van der Waals surface area contributed by atoms with Crippen LogP contribution in [-0.4, -0.2) is 5.91 Å². The second-order valence-electron chi connectivity index (χ2n) is 4.91. The summed E-state index contributed by atoms with van der Waals surface area (Å²) in [6.45, 7) is 2.09. The minimum atomic E-state index is -0.269. The molecule has 21 heavy (non-hydrogen) atoms. The molecule has 0 saturated heterocycles. The van der Waals surface area contributed by atoms with Crippen LogP contribution in [0.5, 0.6) is 0 Å². The first kappa shape index (κ1) is 13.2. The summed E-state index contributed by atoms with van der Waals surface area (Å²) in [5.41, 5.74) is 8.99. The average Bonchev–Trinajstić information content (AvgIpc) is 2.91. The summed E-state index contributed by atoms with van der Waals surface area (Å²) in [5, 5.41) is 3.64. The number of benzene rings is 2. The zero-order valence-electron chi connectivity index (χ0n) is 11.7. The van der Waals surface area contributed by atoms with Crippen molar-refractivity contribution in [3.8, 4) is 0 Å². The monoisotopic (exact) mass is 280 g/mol. The molecule has 3 rings (SSSR count). The largest absolute Gasteiger partial charge is 0.451 e. The van der Waals surface area contributed by atoms with Crippen LogP contribution in [-0.2, 0) is 6.42 Å². The maximum Gasteiger partial charge on any atom is 0.291 e. The molecule has 1 aromatic heterocycles. The van der Waals surface area contributed by atoms with Gasteiger partial charge < -0.3 is 15.5 Å². The lowest BCUT2D eigenvalue weighted by atomic mass is 10.1. The van der Waals surface area contributed by atoms with E-state index in [2.05, 4.69) is 12.2 Å². The van der Waals surface area contributed by atoms with Crippen LogP contribution in [0.1, 0.15) is 23.0 Å². The fourth-order valence-electron chi connectivity index (χ4n) is 2.19. The van der Waals surface area contributed by atoms with Gasteiger partial charge in [0.1, 0.15) is 5.58 Å². The smallest absolute Gasteiger partial charge is 0.291 e. The summed E-state index contributed by atoms with van der Waals surface area (Å²) in [5.74, 6) is 0.00388. The van der Waals surface area contributed by atoms with Crippen LogP contribution in [0.4, 0.5) is 11.4 Å². The van der Waals surface area contributed by atoms with Crippen LogP contribution in [0.2, 0.25) is 0 Å². The molecular formula is C17H16N2O2. The van der Waals surface area contributed by atoms with E-state index in [0.717, 1.165) is 17.5 Å². The quantitative estimate of drug-likeness (QED) is 0.716. The second kappa shape index (κ2) is 5.32. The van der Waals surface area contributed by atoms with E-state index >= 15 is 0 Å². The standard InChI is InChI=1S/C17H16N2O2/c1-2-11-3-6-14(7-4-11)19-17(20)16-10-12-9-13(18)5-8-15(12)21-16/h3-10H,2,18H2,1H3,(H,19,20). The average molecular weight is 280 g/mol. The van der Waals surface area contributed by atoms with Gasteiger partial charge in [-0.25, -0.2) is 0 Å². The molecule has 0 radical (unpaired) electrons. The van der Waals surface area contributed by atoms with Gasteiger partial charge in [0.05, 0.1) is 0 Å². The van der Waals surface area contributed by atoms with Crippen molar-refractivity contribution in [3.05, 3.63) is 59.9 Å². The van der Waals surface area contributed by atoms with Crippen molar-refractivity contribution >= 4 is 28.3 Å². The Morgan fingerprint density at radius 1 is 1.14 bits per heavy atom. The third-order valence-corrected chi connectivity index (χ3v) is 3.38. The van der Waals surface area contributed by atoms with Crippen LogP contribution < -0.4 is 11.1 Å². The number of furan rings is 1. The second-order valence-corrected chi connectivity index (χ2v) is 4.91. The highest BCUT2D eigenvalue weighted by atomic mass is 16.3. The summed E-state index contributed by atoms with van der Waals surface area (Å²) < 4.78 is 5.53. The number of carbonyl (C=O) groups excluding carboxylic acids is 1. The molecule has 106 valence electrons. The van der Waals surface area contributed by atoms with Crippen LogP contribution in [0.15, 0.2) is 52.9 Å². The lowest BCUT2D eigenvalue weighted by molar-refractivity contribution is 0.0998. The first-order valence-electron chi connectivity index (χ1n) is 6.85. The molecular weight excluding hydrogens is 264 g/mol. The van der Waals surface area contributed by atoms with Gasteiger partial charge in [-0.05, 0) is 48.4 Å². The van der Waals surface area contributed by atoms with Crippen molar-refractivity contribution < 1.29 is 9.21 Å². The molecule has 3 N–H and O–H groups in total. The van der Waals surface area contributed by atoms with Crippen molar-refractivity contribution in [3.63, 3.8) is 0 Å². The highest BCUT2D eigenvalue weighted by Crippen LogP contribution is 2.22. The van der Waals surface area contributed by atoms with Crippen LogP contribution in [0.3, 0.4) is 0 Å². The first-order valence-corrected chi connectivity index (χ1v) is 6.85. The molecule has 0 aliphatic carbocycles. The van der Waals surface area contributed by atoms with E-state index in [1.165, 1.54) is 5.56 Å². The maximum atomic E-state index is 12.2. The normalized spacial score (nSPS) is 10.7. The summed E-state index contributed by atoms with van der Waals surface area (Å²) >= 11 is 0. The molecule has 0 saturated carbocycles. The fourth-order valence-corrected chi connectivity index (χ4v) is 2.19. The van der Waals surface area contributed by atoms with Gasteiger partial charge in [0.15, 0.2) is 5.76 Å². The van der Waals surface area contributed by atoms with Gasteiger partial charge >= 0.3 is 0 Å². The summed E-state index contributed by atoms with van der Waals surface area (Å²) in [4.78, 5) is 12.2. The third-order valence-electron chi connectivity index (χ3n) is 3.38. The van der Waals surface area contributed by atoms with Gasteiger partial charge in [0.25, 0.3) is 5.91 Å². The zero-order chi connectivity index (χ0) is 14.8. The molecule has 1 heterocycles. The number of anilines is 2. The topological polar surface area (TPSA) is 68.3 Å². The lowest BCUT2D eigenvalue weighted by Crippen LogP contribution is -2.10. The molecule has 0 atom stereocenters. The van der Waals surface area contributed by atoms with Crippen molar-refractivity contribution in [1.29, 1.82) is 0 Å². The number of nitrogens with two attached hydrogens (primary N) is 1. The van der Waals surface area contributed by atoms with Crippen LogP contribution in [0, 0.1) is 0 Å². The van der Waals surface area contributed by atoms with E-state index in [0.29, 0.717) is 11.3 Å². The molecule has 0 fully saturated rings. The molecule has 0 unspecified atom stereocenters. The minimum absolute atomic E-state index is 0.269. The van der Waals surface area contributed by atoms with E-state index in [-0.39, 0.29) is 11.7 Å². The van der Waals surface area contributed by atoms with E-state index < -0.39 is 0 Å². The Bertz CT molecular complexity index is 788. The maximum absolute atomic E-state index is 12.2. The van der Waals surface area contributed by atoms with Gasteiger partial charge in [0.2, 0.25) is 0 Å². The fraction of sp³-hybridized carbons (Fsp3) is 0.118. The molecule has 1 amide bonds. The Balaban J connectivity index is 1.82. The SMILES string of the molecule is CCc1ccc(NC(=O)c2cc3cc(N)ccc3o2)cc1. The van der Waals surface area contributed by atoms with E-state index in [1.54, 1.807) is 24.3 Å². The molecule has 4 heteroatoms. The van der Waals surface area contributed by atoms with Crippen LogP contribution >= 0.6 is 0 Å². The minimum Gasteiger partial charge on any atom is -0.451 e. The summed E-state index contributed by atoms with van der Waals surface area (Å²) in [7, 11) is 0. The number of hydrogen-bond donors (Lipinski definition) is 2. The predicted molar refractivity (Wildman–Crippen MR) is 84.4 cm³/mol. The lowest BCUT2D eigenvalue weighted by Gasteiger charge is -2.03. The van der Waals surface area contributed by atoms with Crippen molar-refractivity contribution in [2.24, 2.45) is 0 Å². The van der Waals surface area contributed by atoms with Crippen molar-refractivity contribution in [1.82, 2.24) is 0 Å². The third kappa shape index (κ3) is 2.74. The number of hydrogen-bond acceptors (Lipinski definition) is 3. The number of rotatable bonds is 3. The predicted octanol–water partition coefficient (Wildman–Crippen LogP) is 3.83. The van der Waals surface area contributed by atoms with Crippen molar-refractivity contribution in [2.45, 2.75) is 13.3 Å². The Hall–Kier alpha value is -2.75. The Kier molecular flexibility index (Phi) is 3.36. The van der Waals surface area contributed by atoms with Gasteiger partial charge in [-0.15, -0.1) is 0 Å². The highest BCUT2D eigenvalue weighted by Gasteiger charge is 2.12. The van der Waals surface area contributed by atoms with E-state index in [9.17, 15) is 4.79 Å². The molecule has 0 bridgehead atoms. The zero-order valence-corrected chi connectivity index (χ0v) is 11.7. The molecule has 0 spiro atoms. The highest BCUT2D eigenvalue weighted by molar-refractivity contribution is 6.04. The Morgan fingerprint density at radius 3 is 2.62 bits per heavy atom. The summed E-state index contributed by atoms with van der Waals surface area (Å²) in [6.07, 6.45) is 0.971. The Labute approximate surface area is 122 Å². The van der Waals surface area contributed by atoms with Crippen molar-refractivity contribution in [2.75, 3.05) is 11.1 Å². The first-order chi connectivity index (χ1) is 10.2. The van der Waals surface area contributed by atoms with Gasteiger partial charge in [-0.2, -0.15) is 0 Å². The molecule has 0 aliphatic rings. The van der Waals surface area contributed by atoms with Gasteiger partial charge in [-0.1, -0.05) is 19.1 Å². The number of nitrogen functional groups attached to an aromatic ring is 1. The number of amides is 1. The number of carbonyl (C=O) groups is 1. The van der Waals surface area contributed by atoms with E-state index in [1.807, 2.05) is 24.3 Å². The van der Waals surface area contributed by atoms with Gasteiger partial charge in [-0.3, -0.25) is 4.79 Å². The van der Waals surface area contributed by atoms with E-state index in [4.69, 9.17) is 10.2 Å². The van der Waals surface area contributed by atoms with Gasteiger partial charge in [0, 0.05) is 16.8 Å². The van der Waals surface area contributed by atoms with Crippen LogP contribution in [0.25, 0.3) is 11.0 Å². The summed E-state index contributed by atoms with van der Waals surface area (Å²) in [6, 6.07) is 14.8. The number of aryl methyl sites for hydroxylation is 1. The molecule has 3 aromatic rings. The molecule has 0 aliphatic heterocycles. The molecule has 4 nitrogen and oxygen atoms in total. The Morgan fingerprint density at radius 2 is 1.90 bits per heavy atom.